The Morgan fingerprint density at radius 3 is 2.80 bits per heavy atom. The maximum atomic E-state index is 13.8. The molecular formula is C20H30FN3O. The lowest BCUT2D eigenvalue weighted by Crippen LogP contribution is -2.42. The molecule has 0 amide bonds. The van der Waals surface area contributed by atoms with Crippen LogP contribution in [0, 0.1) is 5.82 Å². The van der Waals surface area contributed by atoms with Crippen molar-refractivity contribution in [1.29, 1.82) is 0 Å². The van der Waals surface area contributed by atoms with Gasteiger partial charge in [0.25, 0.3) is 0 Å². The minimum Gasteiger partial charge on any atom is -0.391 e. The number of hydrogen-bond donors (Lipinski definition) is 2. The van der Waals surface area contributed by atoms with Crippen LogP contribution in [0.2, 0.25) is 0 Å². The number of aliphatic hydroxyl groups excluding tert-OH is 1. The number of benzene rings is 1. The highest BCUT2D eigenvalue weighted by Crippen LogP contribution is 2.40. The Kier molecular flexibility index (Phi) is 5.94. The van der Waals surface area contributed by atoms with E-state index < -0.39 is 0 Å². The molecule has 1 aliphatic carbocycles. The first kappa shape index (κ1) is 18.2. The van der Waals surface area contributed by atoms with E-state index in [2.05, 4.69) is 23.2 Å². The second-order valence-corrected chi connectivity index (χ2v) is 7.41. The zero-order valence-corrected chi connectivity index (χ0v) is 15.2. The third kappa shape index (κ3) is 4.32. The highest BCUT2D eigenvalue weighted by Gasteiger charge is 2.34. The predicted octanol–water partition coefficient (Wildman–Crippen LogP) is 3.06. The van der Waals surface area contributed by atoms with Crippen LogP contribution in [0.5, 0.6) is 0 Å². The summed E-state index contributed by atoms with van der Waals surface area (Å²) in [6, 6.07) is 7.07. The molecule has 1 saturated carbocycles. The summed E-state index contributed by atoms with van der Waals surface area (Å²) in [7, 11) is 0. The third-order valence-electron chi connectivity index (χ3n) is 5.58. The fraction of sp³-hybridized carbons (Fsp3) is 0.650. The summed E-state index contributed by atoms with van der Waals surface area (Å²) in [4.78, 5) is 7.06. The quantitative estimate of drug-likeness (QED) is 0.650. The molecule has 1 saturated heterocycles. The fourth-order valence-corrected chi connectivity index (χ4v) is 4.17. The van der Waals surface area contributed by atoms with Crippen LogP contribution in [0.15, 0.2) is 29.3 Å². The van der Waals surface area contributed by atoms with Gasteiger partial charge in [0, 0.05) is 25.0 Å². The van der Waals surface area contributed by atoms with E-state index in [1.54, 1.807) is 6.07 Å². The molecule has 2 N–H and O–H groups in total. The Balaban J connectivity index is 1.83. The summed E-state index contributed by atoms with van der Waals surface area (Å²) in [6.45, 7) is 5.01. The topological polar surface area (TPSA) is 47.9 Å². The van der Waals surface area contributed by atoms with Gasteiger partial charge in [-0.15, -0.1) is 0 Å². The van der Waals surface area contributed by atoms with Gasteiger partial charge in [0.1, 0.15) is 5.82 Å². The third-order valence-corrected chi connectivity index (χ3v) is 5.58. The average Bonchev–Trinajstić information content (AvgIpc) is 3.06. The van der Waals surface area contributed by atoms with E-state index in [9.17, 15) is 9.50 Å². The lowest BCUT2D eigenvalue weighted by molar-refractivity contribution is 0.187. The van der Waals surface area contributed by atoms with Crippen molar-refractivity contribution < 1.29 is 9.50 Å². The molecule has 25 heavy (non-hydrogen) atoms. The van der Waals surface area contributed by atoms with Gasteiger partial charge in [-0.05, 0) is 43.9 Å². The van der Waals surface area contributed by atoms with Gasteiger partial charge in [-0.3, -0.25) is 4.99 Å². The summed E-state index contributed by atoms with van der Waals surface area (Å²) in [5.41, 5.74) is 1.01. The molecule has 1 atom stereocenters. The molecule has 0 unspecified atom stereocenters. The second-order valence-electron chi connectivity index (χ2n) is 7.41. The van der Waals surface area contributed by atoms with Crippen molar-refractivity contribution in [2.45, 2.75) is 57.0 Å². The Hall–Kier alpha value is -1.62. The van der Waals surface area contributed by atoms with E-state index in [4.69, 9.17) is 4.99 Å². The van der Waals surface area contributed by atoms with E-state index in [0.29, 0.717) is 13.1 Å². The van der Waals surface area contributed by atoms with Crippen molar-refractivity contribution in [2.75, 3.05) is 26.2 Å². The van der Waals surface area contributed by atoms with Gasteiger partial charge in [-0.1, -0.05) is 31.4 Å². The van der Waals surface area contributed by atoms with Crippen LogP contribution >= 0.6 is 0 Å². The summed E-state index contributed by atoms with van der Waals surface area (Å²) in [6.07, 6.45) is 6.23. The van der Waals surface area contributed by atoms with Crippen LogP contribution in [0.25, 0.3) is 0 Å². The first-order valence-corrected chi connectivity index (χ1v) is 9.60. The van der Waals surface area contributed by atoms with E-state index in [0.717, 1.165) is 43.9 Å². The Labute approximate surface area is 150 Å². The van der Waals surface area contributed by atoms with Crippen molar-refractivity contribution in [2.24, 2.45) is 4.99 Å². The van der Waals surface area contributed by atoms with Crippen LogP contribution in [0.4, 0.5) is 4.39 Å². The number of halogens is 1. The minimum atomic E-state index is -0.268. The number of aliphatic hydroxyl groups is 1. The van der Waals surface area contributed by atoms with Gasteiger partial charge in [0.05, 0.1) is 12.6 Å². The monoisotopic (exact) mass is 347 g/mol. The molecule has 4 nitrogen and oxygen atoms in total. The second kappa shape index (κ2) is 8.17. The fourth-order valence-electron chi connectivity index (χ4n) is 4.17. The van der Waals surface area contributed by atoms with E-state index in [-0.39, 0.29) is 17.3 Å². The smallest absolute Gasteiger partial charge is 0.194 e. The van der Waals surface area contributed by atoms with Gasteiger partial charge >= 0.3 is 0 Å². The number of nitrogens with zero attached hydrogens (tertiary/aromatic N) is 2. The van der Waals surface area contributed by atoms with Crippen molar-refractivity contribution in [3.63, 3.8) is 0 Å². The Bertz CT molecular complexity index is 598. The summed E-state index contributed by atoms with van der Waals surface area (Å²) < 4.78 is 13.8. The SMILES string of the molecule is CCNC(=NCC1(c2cccc(F)c2)CCCCC1)N1CC[C@@H](O)C1. The largest absolute Gasteiger partial charge is 0.391 e. The molecule has 1 heterocycles. The number of guanidine groups is 1. The summed E-state index contributed by atoms with van der Waals surface area (Å²) >= 11 is 0. The molecular weight excluding hydrogens is 317 g/mol. The van der Waals surface area contributed by atoms with E-state index in [1.807, 2.05) is 6.07 Å². The standard InChI is InChI=1S/C20H30FN3O/c1-2-22-19(24-12-9-18(25)14-24)23-15-20(10-4-3-5-11-20)16-7-6-8-17(21)13-16/h6-8,13,18,25H,2-5,9-12,14-15H2,1H3,(H,22,23)/t18-/m1/s1. The van der Waals surface area contributed by atoms with Gasteiger partial charge in [0.15, 0.2) is 5.96 Å². The summed E-state index contributed by atoms with van der Waals surface area (Å²) in [5, 5.41) is 13.2. The zero-order valence-electron chi connectivity index (χ0n) is 15.2. The van der Waals surface area contributed by atoms with Crippen LogP contribution in [0.3, 0.4) is 0 Å². The Morgan fingerprint density at radius 2 is 2.16 bits per heavy atom. The van der Waals surface area contributed by atoms with Gasteiger partial charge in [-0.2, -0.15) is 0 Å². The number of likely N-dealkylation sites (tertiary alicyclic amines) is 1. The Morgan fingerprint density at radius 1 is 1.36 bits per heavy atom. The average molecular weight is 347 g/mol. The molecule has 138 valence electrons. The van der Waals surface area contributed by atoms with Crippen LogP contribution < -0.4 is 5.32 Å². The zero-order chi connectivity index (χ0) is 17.7. The normalized spacial score (nSPS) is 23.7. The number of rotatable bonds is 4. The number of β-amino-alcohol motifs (C(OH)–C–C–N with tert-alkyl or cyclic N) is 1. The van der Waals surface area contributed by atoms with Crippen molar-refractivity contribution >= 4 is 5.96 Å². The highest BCUT2D eigenvalue weighted by atomic mass is 19.1. The first-order chi connectivity index (χ1) is 12.1. The van der Waals surface area contributed by atoms with E-state index >= 15 is 0 Å². The van der Waals surface area contributed by atoms with Crippen molar-refractivity contribution in [3.8, 4) is 0 Å². The first-order valence-electron chi connectivity index (χ1n) is 9.60. The lowest BCUT2D eigenvalue weighted by atomic mass is 9.69. The van der Waals surface area contributed by atoms with Gasteiger partial charge in [0.2, 0.25) is 0 Å². The van der Waals surface area contributed by atoms with Gasteiger partial charge in [-0.25, -0.2) is 4.39 Å². The molecule has 0 bridgehead atoms. The number of nitrogens with one attached hydrogen (secondary N) is 1. The molecule has 1 aromatic carbocycles. The minimum absolute atomic E-state index is 0.0701. The molecule has 1 aromatic rings. The van der Waals surface area contributed by atoms with Gasteiger partial charge < -0.3 is 15.3 Å². The van der Waals surface area contributed by atoms with Crippen LogP contribution in [0.1, 0.15) is 51.0 Å². The van der Waals surface area contributed by atoms with Crippen molar-refractivity contribution in [1.82, 2.24) is 10.2 Å². The molecule has 0 aromatic heterocycles. The van der Waals surface area contributed by atoms with Crippen LogP contribution in [-0.4, -0.2) is 48.2 Å². The molecule has 0 spiro atoms. The van der Waals surface area contributed by atoms with Crippen LogP contribution in [-0.2, 0) is 5.41 Å². The summed E-state index contributed by atoms with van der Waals surface area (Å²) in [5.74, 6) is 0.710. The van der Waals surface area contributed by atoms with Crippen molar-refractivity contribution in [3.05, 3.63) is 35.6 Å². The number of aliphatic imine (C=N–C) groups is 1. The maximum Gasteiger partial charge on any atom is 0.194 e. The molecule has 5 heteroatoms. The molecule has 3 rings (SSSR count). The molecule has 2 aliphatic rings. The lowest BCUT2D eigenvalue weighted by Gasteiger charge is -2.37. The molecule has 1 aliphatic heterocycles. The van der Waals surface area contributed by atoms with E-state index in [1.165, 1.54) is 25.3 Å². The molecule has 0 radical (unpaired) electrons. The highest BCUT2D eigenvalue weighted by molar-refractivity contribution is 5.80. The molecule has 2 fully saturated rings. The predicted molar refractivity (Wildman–Crippen MR) is 99.3 cm³/mol. The maximum absolute atomic E-state index is 13.8. The number of hydrogen-bond acceptors (Lipinski definition) is 2.